The van der Waals surface area contributed by atoms with Gasteiger partial charge in [-0.15, -0.1) is 11.3 Å². The summed E-state index contributed by atoms with van der Waals surface area (Å²) >= 11 is -1.57. The number of thiophene rings is 1. The minimum Gasteiger partial charge on any atom is -0.767 e. The van der Waals surface area contributed by atoms with Gasteiger partial charge in [-0.1, -0.05) is 20.8 Å². The van der Waals surface area contributed by atoms with Crippen molar-refractivity contribution in [1.29, 1.82) is 0 Å². The van der Waals surface area contributed by atoms with Crippen LogP contribution in [-0.2, 0) is 16.5 Å². The van der Waals surface area contributed by atoms with Gasteiger partial charge in [0.05, 0.1) is 4.88 Å². The molecule has 7 heteroatoms. The highest BCUT2D eigenvalue weighted by Gasteiger charge is 2.27. The fourth-order valence-electron chi connectivity index (χ4n) is 1.16. The third-order valence-corrected chi connectivity index (χ3v) is 4.49. The first-order valence-corrected chi connectivity index (χ1v) is 6.50. The Balaban J connectivity index is 3.09. The van der Waals surface area contributed by atoms with E-state index in [4.69, 9.17) is 0 Å². The second-order valence-corrected chi connectivity index (χ2v) is 6.43. The van der Waals surface area contributed by atoms with Crippen molar-refractivity contribution in [3.8, 4) is 0 Å². The summed E-state index contributed by atoms with van der Waals surface area (Å²) in [7, 11) is 0. The molecule has 0 saturated carbocycles. The molecular weight excluding hydrogens is 250 g/mol. The molecule has 2 atom stereocenters. The topological polar surface area (TPSA) is 83.3 Å². The molecule has 1 heterocycles. The van der Waals surface area contributed by atoms with E-state index in [-0.39, 0.29) is 10.3 Å². The van der Waals surface area contributed by atoms with E-state index in [2.05, 4.69) is 0 Å². The maximum atomic E-state index is 10.8. The minimum atomic E-state index is -2.74. The lowest BCUT2D eigenvalue weighted by atomic mass is 9.95. The number of hydrogen-bond acceptors (Lipinski definition) is 5. The van der Waals surface area contributed by atoms with Crippen LogP contribution in [0, 0.1) is 10.1 Å². The first-order valence-electron chi connectivity index (χ1n) is 4.55. The zero-order valence-electron chi connectivity index (χ0n) is 9.13. The van der Waals surface area contributed by atoms with Crippen LogP contribution >= 0.6 is 11.3 Å². The van der Waals surface area contributed by atoms with Gasteiger partial charge in [0.1, 0.15) is 0 Å². The van der Waals surface area contributed by atoms with Gasteiger partial charge in [-0.3, -0.25) is 14.3 Å². The summed E-state index contributed by atoms with van der Waals surface area (Å²) < 4.78 is 21.5. The summed E-state index contributed by atoms with van der Waals surface area (Å²) in [6.45, 7) is 5.91. The highest BCUT2D eigenvalue weighted by atomic mass is 32.2. The SMILES string of the molecule is CC(C)(C)c1ccc(C([N+](=O)[O-])S(=O)[O-])s1. The van der Waals surface area contributed by atoms with E-state index in [0.29, 0.717) is 0 Å². The molecule has 0 spiro atoms. The van der Waals surface area contributed by atoms with Crippen molar-refractivity contribution >= 4 is 22.4 Å². The average molecular weight is 262 g/mol. The number of nitro groups is 1. The Morgan fingerprint density at radius 1 is 1.44 bits per heavy atom. The second-order valence-electron chi connectivity index (χ2n) is 4.35. The van der Waals surface area contributed by atoms with Crippen LogP contribution in [0.15, 0.2) is 12.1 Å². The summed E-state index contributed by atoms with van der Waals surface area (Å²) in [5.74, 6) is 0. The lowest BCUT2D eigenvalue weighted by Crippen LogP contribution is -2.14. The van der Waals surface area contributed by atoms with E-state index in [9.17, 15) is 18.9 Å². The van der Waals surface area contributed by atoms with E-state index in [1.165, 1.54) is 17.4 Å². The standard InChI is InChI=1S/C9H13NO4S2/c1-9(2,3)7-5-4-6(15-7)8(10(11)12)16(13)14/h4-5,8H,1-3H3,(H,13,14)/p-1. The fraction of sp³-hybridized carbons (Fsp3) is 0.556. The van der Waals surface area contributed by atoms with Crippen LogP contribution in [0.4, 0.5) is 0 Å². The summed E-state index contributed by atoms with van der Waals surface area (Å²) in [5.41, 5.74) is -0.131. The highest BCUT2D eigenvalue weighted by Crippen LogP contribution is 2.34. The molecule has 1 aromatic heterocycles. The molecule has 0 aliphatic carbocycles. The number of rotatable bonds is 3. The van der Waals surface area contributed by atoms with Crippen molar-refractivity contribution in [2.45, 2.75) is 31.6 Å². The van der Waals surface area contributed by atoms with Crippen molar-refractivity contribution in [2.75, 3.05) is 0 Å². The Morgan fingerprint density at radius 2 is 2.00 bits per heavy atom. The summed E-state index contributed by atoms with van der Waals surface area (Å²) in [4.78, 5) is 11.0. The Labute approximate surface area is 99.9 Å². The van der Waals surface area contributed by atoms with E-state index in [1.54, 1.807) is 6.07 Å². The molecule has 0 saturated heterocycles. The van der Waals surface area contributed by atoms with E-state index < -0.39 is 21.4 Å². The molecule has 0 N–H and O–H groups in total. The van der Waals surface area contributed by atoms with Crippen LogP contribution in [0.2, 0.25) is 0 Å². The van der Waals surface area contributed by atoms with Crippen molar-refractivity contribution in [3.63, 3.8) is 0 Å². The van der Waals surface area contributed by atoms with Crippen LogP contribution in [0.1, 0.15) is 35.9 Å². The van der Waals surface area contributed by atoms with Crippen LogP contribution in [-0.4, -0.2) is 13.7 Å². The first-order chi connectivity index (χ1) is 7.23. The minimum absolute atomic E-state index is 0.131. The smallest absolute Gasteiger partial charge is 0.307 e. The molecule has 0 bridgehead atoms. The molecule has 90 valence electrons. The molecule has 0 aromatic carbocycles. The molecule has 16 heavy (non-hydrogen) atoms. The van der Waals surface area contributed by atoms with Crippen molar-refractivity contribution < 1.29 is 13.7 Å². The molecule has 2 unspecified atom stereocenters. The summed E-state index contributed by atoms with van der Waals surface area (Å²) in [5, 5.41) is 8.97. The van der Waals surface area contributed by atoms with Gasteiger partial charge < -0.3 is 4.55 Å². The molecule has 1 rings (SSSR count). The normalized spacial score (nSPS) is 15.8. The van der Waals surface area contributed by atoms with Gasteiger partial charge in [-0.2, -0.15) is 0 Å². The Bertz CT molecular complexity index is 407. The quantitative estimate of drug-likeness (QED) is 0.475. The van der Waals surface area contributed by atoms with Gasteiger partial charge in [0, 0.05) is 20.9 Å². The van der Waals surface area contributed by atoms with Gasteiger partial charge >= 0.3 is 5.37 Å². The summed E-state index contributed by atoms with van der Waals surface area (Å²) in [6.07, 6.45) is 0. The van der Waals surface area contributed by atoms with Gasteiger partial charge in [0.15, 0.2) is 0 Å². The van der Waals surface area contributed by atoms with Crippen LogP contribution in [0.25, 0.3) is 0 Å². The first kappa shape index (κ1) is 13.3. The highest BCUT2D eigenvalue weighted by molar-refractivity contribution is 7.79. The van der Waals surface area contributed by atoms with Crippen LogP contribution < -0.4 is 0 Å². The Hall–Kier alpha value is -0.790. The lowest BCUT2D eigenvalue weighted by molar-refractivity contribution is -0.502. The van der Waals surface area contributed by atoms with Crippen LogP contribution in [0.5, 0.6) is 0 Å². The molecule has 5 nitrogen and oxygen atoms in total. The van der Waals surface area contributed by atoms with Crippen molar-refractivity contribution in [2.24, 2.45) is 0 Å². The lowest BCUT2D eigenvalue weighted by Gasteiger charge is -2.15. The predicted molar refractivity (Wildman–Crippen MR) is 61.7 cm³/mol. The average Bonchev–Trinajstić information content (AvgIpc) is 2.50. The maximum Gasteiger partial charge on any atom is 0.307 e. The van der Waals surface area contributed by atoms with E-state index in [1.807, 2.05) is 20.8 Å². The predicted octanol–water partition coefficient (Wildman–Crippen LogP) is 2.20. The Morgan fingerprint density at radius 3 is 2.31 bits per heavy atom. The third-order valence-electron chi connectivity index (χ3n) is 1.98. The van der Waals surface area contributed by atoms with E-state index in [0.717, 1.165) is 4.88 Å². The zero-order valence-corrected chi connectivity index (χ0v) is 10.8. The van der Waals surface area contributed by atoms with E-state index >= 15 is 0 Å². The van der Waals surface area contributed by atoms with Gasteiger partial charge in [-0.05, 0) is 17.5 Å². The largest absolute Gasteiger partial charge is 0.767 e. The second kappa shape index (κ2) is 4.60. The van der Waals surface area contributed by atoms with Gasteiger partial charge in [-0.25, -0.2) is 0 Å². The molecule has 0 aliphatic heterocycles. The number of nitrogens with zero attached hydrogens (tertiary/aromatic N) is 1. The van der Waals surface area contributed by atoms with Crippen LogP contribution in [0.3, 0.4) is 0 Å². The zero-order chi connectivity index (χ0) is 12.5. The van der Waals surface area contributed by atoms with Crippen molar-refractivity contribution in [3.05, 3.63) is 32.0 Å². The molecule has 0 fully saturated rings. The van der Waals surface area contributed by atoms with Gasteiger partial charge in [0.2, 0.25) is 0 Å². The molecular formula is C9H12NO4S2-. The van der Waals surface area contributed by atoms with Crippen molar-refractivity contribution in [1.82, 2.24) is 0 Å². The summed E-state index contributed by atoms with van der Waals surface area (Å²) in [6, 6.07) is 3.25. The molecule has 0 amide bonds. The third kappa shape index (κ3) is 2.87. The molecule has 0 radical (unpaired) electrons. The monoisotopic (exact) mass is 262 g/mol. The fourth-order valence-corrected chi connectivity index (χ4v) is 2.97. The molecule has 0 aliphatic rings. The molecule has 1 aromatic rings. The maximum absolute atomic E-state index is 10.8. The van der Waals surface area contributed by atoms with Gasteiger partial charge in [0.25, 0.3) is 0 Å². The number of hydrogen-bond donors (Lipinski definition) is 0. The Kier molecular flexibility index (Phi) is 3.82.